The van der Waals surface area contributed by atoms with Gasteiger partial charge in [-0.05, 0) is 36.8 Å². The Labute approximate surface area is 120 Å². The molecule has 0 saturated carbocycles. The lowest BCUT2D eigenvalue weighted by atomic mass is 10.2. The van der Waals surface area contributed by atoms with E-state index < -0.39 is 0 Å². The predicted molar refractivity (Wildman–Crippen MR) is 79.8 cm³/mol. The Balaban J connectivity index is 2.23. The SMILES string of the molecule is Cc1cc(N)cn2cc(-c3ccc(Cl)cc3Cl)nc12. The molecule has 0 aliphatic rings. The summed E-state index contributed by atoms with van der Waals surface area (Å²) in [6.07, 6.45) is 3.75. The van der Waals surface area contributed by atoms with Crippen molar-refractivity contribution >= 4 is 34.5 Å². The molecule has 2 aromatic heterocycles. The summed E-state index contributed by atoms with van der Waals surface area (Å²) in [5.41, 5.74) is 10.1. The monoisotopic (exact) mass is 291 g/mol. The topological polar surface area (TPSA) is 43.3 Å². The molecule has 0 unspecified atom stereocenters. The molecule has 3 aromatic rings. The first kappa shape index (κ1) is 12.3. The fraction of sp³-hybridized carbons (Fsp3) is 0.0714. The summed E-state index contributed by atoms with van der Waals surface area (Å²) < 4.78 is 1.91. The first-order valence-corrected chi connectivity index (χ1v) is 6.50. The summed E-state index contributed by atoms with van der Waals surface area (Å²) in [4.78, 5) is 4.59. The van der Waals surface area contributed by atoms with Gasteiger partial charge in [0.05, 0.1) is 10.7 Å². The first-order chi connectivity index (χ1) is 9.04. The average molecular weight is 292 g/mol. The van der Waals surface area contributed by atoms with Gasteiger partial charge in [0.1, 0.15) is 5.65 Å². The Morgan fingerprint density at radius 2 is 1.95 bits per heavy atom. The lowest BCUT2D eigenvalue weighted by molar-refractivity contribution is 1.17. The molecular formula is C14H11Cl2N3. The molecule has 19 heavy (non-hydrogen) atoms. The van der Waals surface area contributed by atoms with Gasteiger partial charge in [0.15, 0.2) is 0 Å². The van der Waals surface area contributed by atoms with Gasteiger partial charge in [-0.15, -0.1) is 0 Å². The van der Waals surface area contributed by atoms with Gasteiger partial charge in [-0.2, -0.15) is 0 Å². The number of hydrogen-bond acceptors (Lipinski definition) is 2. The summed E-state index contributed by atoms with van der Waals surface area (Å²) in [6, 6.07) is 7.28. The quantitative estimate of drug-likeness (QED) is 0.730. The van der Waals surface area contributed by atoms with Crippen LogP contribution in [0, 0.1) is 6.92 Å². The summed E-state index contributed by atoms with van der Waals surface area (Å²) in [7, 11) is 0. The molecule has 0 aliphatic heterocycles. The van der Waals surface area contributed by atoms with Crippen LogP contribution in [-0.2, 0) is 0 Å². The van der Waals surface area contributed by atoms with E-state index in [1.165, 1.54) is 0 Å². The third kappa shape index (κ3) is 2.15. The largest absolute Gasteiger partial charge is 0.398 e. The minimum atomic E-state index is 0.585. The van der Waals surface area contributed by atoms with Crippen LogP contribution in [0.5, 0.6) is 0 Å². The molecule has 0 saturated heterocycles. The van der Waals surface area contributed by atoms with Crippen LogP contribution in [0.4, 0.5) is 5.69 Å². The Morgan fingerprint density at radius 3 is 2.68 bits per heavy atom. The second-order valence-corrected chi connectivity index (χ2v) is 5.28. The molecule has 2 heterocycles. The van der Waals surface area contributed by atoms with Crippen molar-refractivity contribution in [3.63, 3.8) is 0 Å². The molecule has 0 bridgehead atoms. The number of anilines is 1. The molecule has 2 N–H and O–H groups in total. The molecule has 96 valence electrons. The average Bonchev–Trinajstić information content (AvgIpc) is 2.72. The van der Waals surface area contributed by atoms with E-state index in [2.05, 4.69) is 4.98 Å². The second-order valence-electron chi connectivity index (χ2n) is 4.44. The van der Waals surface area contributed by atoms with E-state index in [0.717, 1.165) is 22.5 Å². The van der Waals surface area contributed by atoms with Gasteiger partial charge in [0.25, 0.3) is 0 Å². The van der Waals surface area contributed by atoms with Crippen molar-refractivity contribution in [2.45, 2.75) is 6.92 Å². The first-order valence-electron chi connectivity index (χ1n) is 5.75. The molecule has 5 heteroatoms. The number of imidazole rings is 1. The Kier molecular flexibility index (Phi) is 2.88. The molecule has 0 amide bonds. The lowest BCUT2D eigenvalue weighted by Gasteiger charge is -2.00. The molecule has 0 spiro atoms. The standard InChI is InChI=1S/C14H11Cl2N3/c1-8-4-10(17)6-19-7-13(18-14(8)19)11-3-2-9(15)5-12(11)16/h2-7H,17H2,1H3. The Morgan fingerprint density at radius 1 is 1.16 bits per heavy atom. The van der Waals surface area contributed by atoms with Gasteiger partial charge in [-0.1, -0.05) is 23.2 Å². The predicted octanol–water partition coefficient (Wildman–Crippen LogP) is 4.20. The summed E-state index contributed by atoms with van der Waals surface area (Å²) >= 11 is 12.1. The van der Waals surface area contributed by atoms with Gasteiger partial charge in [-0.3, -0.25) is 0 Å². The maximum atomic E-state index is 6.20. The minimum absolute atomic E-state index is 0.585. The summed E-state index contributed by atoms with van der Waals surface area (Å²) in [6.45, 7) is 1.98. The number of nitrogens with two attached hydrogens (primary N) is 1. The minimum Gasteiger partial charge on any atom is -0.398 e. The number of nitrogens with zero attached hydrogens (tertiary/aromatic N) is 2. The Bertz CT molecular complexity index is 778. The van der Waals surface area contributed by atoms with Crippen LogP contribution < -0.4 is 5.73 Å². The third-order valence-electron chi connectivity index (χ3n) is 2.96. The molecule has 0 radical (unpaired) electrons. The van der Waals surface area contributed by atoms with E-state index in [1.807, 2.05) is 35.9 Å². The highest BCUT2D eigenvalue weighted by atomic mass is 35.5. The van der Waals surface area contributed by atoms with Crippen LogP contribution in [0.3, 0.4) is 0 Å². The lowest BCUT2D eigenvalue weighted by Crippen LogP contribution is -1.92. The van der Waals surface area contributed by atoms with Crippen LogP contribution >= 0.6 is 23.2 Å². The van der Waals surface area contributed by atoms with Crippen LogP contribution in [0.2, 0.25) is 10.0 Å². The maximum absolute atomic E-state index is 6.20. The van der Waals surface area contributed by atoms with E-state index in [1.54, 1.807) is 12.1 Å². The normalized spacial score (nSPS) is 11.1. The van der Waals surface area contributed by atoms with Crippen molar-refractivity contribution in [1.82, 2.24) is 9.38 Å². The van der Waals surface area contributed by atoms with Gasteiger partial charge in [0.2, 0.25) is 0 Å². The number of halogens is 2. The zero-order valence-corrected chi connectivity index (χ0v) is 11.7. The molecule has 3 rings (SSSR count). The fourth-order valence-electron chi connectivity index (χ4n) is 2.12. The van der Waals surface area contributed by atoms with Gasteiger partial charge in [-0.25, -0.2) is 4.98 Å². The number of nitrogen functional groups attached to an aromatic ring is 1. The number of rotatable bonds is 1. The highest BCUT2D eigenvalue weighted by molar-refractivity contribution is 6.36. The summed E-state index contributed by atoms with van der Waals surface area (Å²) in [5.74, 6) is 0. The van der Waals surface area contributed by atoms with E-state index in [9.17, 15) is 0 Å². The molecule has 0 atom stereocenters. The van der Waals surface area contributed by atoms with Gasteiger partial charge >= 0.3 is 0 Å². The zero-order chi connectivity index (χ0) is 13.6. The zero-order valence-electron chi connectivity index (χ0n) is 10.2. The highest BCUT2D eigenvalue weighted by Crippen LogP contribution is 2.30. The fourth-order valence-corrected chi connectivity index (χ4v) is 2.63. The number of pyridine rings is 1. The maximum Gasteiger partial charge on any atom is 0.140 e. The van der Waals surface area contributed by atoms with Gasteiger partial charge < -0.3 is 10.1 Å². The van der Waals surface area contributed by atoms with E-state index in [0.29, 0.717) is 15.7 Å². The number of fused-ring (bicyclic) bond motifs is 1. The van der Waals surface area contributed by atoms with Crippen LogP contribution in [0.25, 0.3) is 16.9 Å². The van der Waals surface area contributed by atoms with Crippen LogP contribution in [0.15, 0.2) is 36.7 Å². The summed E-state index contributed by atoms with van der Waals surface area (Å²) in [5, 5.41) is 1.19. The van der Waals surface area contributed by atoms with E-state index in [-0.39, 0.29) is 0 Å². The molecule has 3 nitrogen and oxygen atoms in total. The van der Waals surface area contributed by atoms with Crippen molar-refractivity contribution in [2.24, 2.45) is 0 Å². The molecule has 1 aromatic carbocycles. The van der Waals surface area contributed by atoms with Crippen molar-refractivity contribution in [3.05, 3.63) is 52.3 Å². The van der Waals surface area contributed by atoms with E-state index >= 15 is 0 Å². The number of aryl methyl sites for hydroxylation is 1. The van der Waals surface area contributed by atoms with E-state index in [4.69, 9.17) is 28.9 Å². The van der Waals surface area contributed by atoms with Crippen molar-refractivity contribution in [3.8, 4) is 11.3 Å². The van der Waals surface area contributed by atoms with Crippen molar-refractivity contribution in [1.29, 1.82) is 0 Å². The third-order valence-corrected chi connectivity index (χ3v) is 3.51. The van der Waals surface area contributed by atoms with Crippen LogP contribution in [-0.4, -0.2) is 9.38 Å². The smallest absolute Gasteiger partial charge is 0.140 e. The van der Waals surface area contributed by atoms with Crippen molar-refractivity contribution < 1.29 is 0 Å². The Hall–Kier alpha value is -1.71. The van der Waals surface area contributed by atoms with Crippen LogP contribution in [0.1, 0.15) is 5.56 Å². The number of hydrogen-bond donors (Lipinski definition) is 1. The number of benzene rings is 1. The highest BCUT2D eigenvalue weighted by Gasteiger charge is 2.10. The molecular weight excluding hydrogens is 281 g/mol. The second kappa shape index (κ2) is 4.44. The number of aromatic nitrogens is 2. The molecule has 0 aliphatic carbocycles. The molecule has 0 fully saturated rings. The van der Waals surface area contributed by atoms with Crippen molar-refractivity contribution in [2.75, 3.05) is 5.73 Å². The van der Waals surface area contributed by atoms with Gasteiger partial charge in [0, 0.05) is 28.7 Å².